The van der Waals surface area contributed by atoms with Crippen molar-refractivity contribution >= 4 is 0 Å². The molecular formula is C16H25NO2. The van der Waals surface area contributed by atoms with Gasteiger partial charge in [0.25, 0.3) is 0 Å². The van der Waals surface area contributed by atoms with Crippen LogP contribution in [-0.2, 0) is 9.47 Å². The van der Waals surface area contributed by atoms with E-state index in [0.717, 1.165) is 13.0 Å². The third kappa shape index (κ3) is 3.35. The summed E-state index contributed by atoms with van der Waals surface area (Å²) in [5, 5.41) is 3.64. The number of nitrogens with one attached hydrogen (secondary N) is 1. The highest BCUT2D eigenvalue weighted by atomic mass is 16.5. The van der Waals surface area contributed by atoms with Crippen LogP contribution in [0.5, 0.6) is 0 Å². The Morgan fingerprint density at radius 3 is 2.58 bits per heavy atom. The molecule has 19 heavy (non-hydrogen) atoms. The lowest BCUT2D eigenvalue weighted by Crippen LogP contribution is -2.60. The summed E-state index contributed by atoms with van der Waals surface area (Å²) in [6.07, 6.45) is 1.45. The number of aryl methyl sites for hydroxylation is 1. The SMILES string of the molecule is CCOC1CC(N[C@H](C)c2ccc(C)cc2)C1OC. The predicted octanol–water partition coefficient (Wildman–Crippen LogP) is 2.84. The van der Waals surface area contributed by atoms with E-state index in [-0.39, 0.29) is 12.2 Å². The van der Waals surface area contributed by atoms with Gasteiger partial charge in [0.15, 0.2) is 0 Å². The molecule has 1 aliphatic carbocycles. The normalized spacial score (nSPS) is 27.9. The number of ether oxygens (including phenoxy) is 2. The quantitative estimate of drug-likeness (QED) is 0.856. The van der Waals surface area contributed by atoms with Crippen LogP contribution in [0.1, 0.15) is 37.4 Å². The molecule has 0 radical (unpaired) electrons. The van der Waals surface area contributed by atoms with Crippen LogP contribution in [0.15, 0.2) is 24.3 Å². The summed E-state index contributed by atoms with van der Waals surface area (Å²) in [5.74, 6) is 0. The largest absolute Gasteiger partial charge is 0.377 e. The van der Waals surface area contributed by atoms with E-state index in [1.54, 1.807) is 7.11 Å². The molecule has 3 heteroatoms. The smallest absolute Gasteiger partial charge is 0.0987 e. The highest BCUT2D eigenvalue weighted by molar-refractivity contribution is 5.24. The molecule has 1 fully saturated rings. The van der Waals surface area contributed by atoms with Gasteiger partial charge in [-0.05, 0) is 32.8 Å². The molecule has 2 rings (SSSR count). The zero-order valence-corrected chi connectivity index (χ0v) is 12.3. The van der Waals surface area contributed by atoms with Crippen LogP contribution in [0, 0.1) is 6.92 Å². The van der Waals surface area contributed by atoms with Gasteiger partial charge in [0.1, 0.15) is 0 Å². The maximum Gasteiger partial charge on any atom is 0.0987 e. The average Bonchev–Trinajstić information content (AvgIpc) is 2.38. The van der Waals surface area contributed by atoms with E-state index in [0.29, 0.717) is 12.1 Å². The molecule has 1 aliphatic rings. The van der Waals surface area contributed by atoms with Crippen LogP contribution in [0.3, 0.4) is 0 Å². The van der Waals surface area contributed by atoms with Crippen LogP contribution in [0.25, 0.3) is 0 Å². The molecule has 1 saturated carbocycles. The first kappa shape index (κ1) is 14.5. The summed E-state index contributed by atoms with van der Waals surface area (Å²) in [6, 6.07) is 9.42. The maximum absolute atomic E-state index is 5.65. The van der Waals surface area contributed by atoms with Gasteiger partial charge in [-0.25, -0.2) is 0 Å². The lowest BCUT2D eigenvalue weighted by atomic mass is 9.84. The molecule has 0 heterocycles. The van der Waals surface area contributed by atoms with Crippen molar-refractivity contribution in [2.45, 2.75) is 51.5 Å². The van der Waals surface area contributed by atoms with E-state index in [4.69, 9.17) is 9.47 Å². The van der Waals surface area contributed by atoms with Crippen molar-refractivity contribution in [3.05, 3.63) is 35.4 Å². The van der Waals surface area contributed by atoms with Crippen LogP contribution < -0.4 is 5.32 Å². The lowest BCUT2D eigenvalue weighted by Gasteiger charge is -2.44. The van der Waals surface area contributed by atoms with Crippen LogP contribution in [0.2, 0.25) is 0 Å². The predicted molar refractivity (Wildman–Crippen MR) is 77.3 cm³/mol. The third-order valence-electron chi connectivity index (χ3n) is 3.94. The Kier molecular flexibility index (Phi) is 4.97. The third-order valence-corrected chi connectivity index (χ3v) is 3.94. The maximum atomic E-state index is 5.65. The van der Waals surface area contributed by atoms with E-state index >= 15 is 0 Å². The number of methoxy groups -OCH3 is 1. The minimum Gasteiger partial charge on any atom is -0.377 e. The Morgan fingerprint density at radius 1 is 1.32 bits per heavy atom. The van der Waals surface area contributed by atoms with Gasteiger partial charge in [-0.3, -0.25) is 0 Å². The first-order chi connectivity index (χ1) is 9.15. The zero-order chi connectivity index (χ0) is 13.8. The number of benzene rings is 1. The molecule has 3 unspecified atom stereocenters. The Balaban J connectivity index is 1.89. The standard InChI is InChI=1S/C16H25NO2/c1-5-19-15-10-14(16(15)18-4)17-12(3)13-8-6-11(2)7-9-13/h6-9,12,14-17H,5,10H2,1-4H3/t12-,14?,15?,16?/m1/s1. The van der Waals surface area contributed by atoms with E-state index in [9.17, 15) is 0 Å². The minimum atomic E-state index is 0.174. The number of rotatable bonds is 6. The molecular weight excluding hydrogens is 238 g/mol. The molecule has 0 spiro atoms. The fourth-order valence-electron chi connectivity index (χ4n) is 2.71. The summed E-state index contributed by atoms with van der Waals surface area (Å²) >= 11 is 0. The molecule has 0 aliphatic heterocycles. The fraction of sp³-hybridized carbons (Fsp3) is 0.625. The highest BCUT2D eigenvalue weighted by Crippen LogP contribution is 2.29. The van der Waals surface area contributed by atoms with Gasteiger partial charge < -0.3 is 14.8 Å². The van der Waals surface area contributed by atoms with Crippen molar-refractivity contribution in [3.63, 3.8) is 0 Å². The monoisotopic (exact) mass is 263 g/mol. The minimum absolute atomic E-state index is 0.174. The average molecular weight is 263 g/mol. The number of hydrogen-bond acceptors (Lipinski definition) is 3. The van der Waals surface area contributed by atoms with Gasteiger partial charge in [0.05, 0.1) is 12.2 Å². The molecule has 0 amide bonds. The Bertz CT molecular complexity index is 390. The topological polar surface area (TPSA) is 30.5 Å². The molecule has 1 N–H and O–H groups in total. The summed E-state index contributed by atoms with van der Waals surface area (Å²) in [5.41, 5.74) is 2.62. The second-order valence-electron chi connectivity index (χ2n) is 5.34. The van der Waals surface area contributed by atoms with Gasteiger partial charge in [-0.1, -0.05) is 29.8 Å². The summed E-state index contributed by atoms with van der Waals surface area (Å²) in [7, 11) is 1.76. The van der Waals surface area contributed by atoms with Crippen LogP contribution >= 0.6 is 0 Å². The van der Waals surface area contributed by atoms with Gasteiger partial charge in [-0.15, -0.1) is 0 Å². The van der Waals surface area contributed by atoms with Gasteiger partial charge in [0, 0.05) is 25.8 Å². The molecule has 0 aromatic heterocycles. The molecule has 106 valence electrons. The van der Waals surface area contributed by atoms with Crippen molar-refractivity contribution in [1.82, 2.24) is 5.32 Å². The van der Waals surface area contributed by atoms with Gasteiger partial charge >= 0.3 is 0 Å². The van der Waals surface area contributed by atoms with Crippen molar-refractivity contribution in [2.75, 3.05) is 13.7 Å². The van der Waals surface area contributed by atoms with Crippen molar-refractivity contribution < 1.29 is 9.47 Å². The molecule has 0 bridgehead atoms. The Hall–Kier alpha value is -0.900. The van der Waals surface area contributed by atoms with Crippen molar-refractivity contribution in [3.8, 4) is 0 Å². The summed E-state index contributed by atoms with van der Waals surface area (Å²) in [4.78, 5) is 0. The van der Waals surface area contributed by atoms with Crippen molar-refractivity contribution in [1.29, 1.82) is 0 Å². The van der Waals surface area contributed by atoms with E-state index < -0.39 is 0 Å². The molecule has 4 atom stereocenters. The van der Waals surface area contributed by atoms with Crippen molar-refractivity contribution in [2.24, 2.45) is 0 Å². The van der Waals surface area contributed by atoms with Gasteiger partial charge in [-0.2, -0.15) is 0 Å². The first-order valence-electron chi connectivity index (χ1n) is 7.12. The van der Waals surface area contributed by atoms with E-state index in [1.165, 1.54) is 11.1 Å². The first-order valence-corrected chi connectivity index (χ1v) is 7.12. The zero-order valence-electron chi connectivity index (χ0n) is 12.3. The molecule has 1 aromatic carbocycles. The lowest BCUT2D eigenvalue weighted by molar-refractivity contribution is -0.133. The van der Waals surface area contributed by atoms with Crippen LogP contribution in [0.4, 0.5) is 0 Å². The molecule has 0 saturated heterocycles. The second kappa shape index (κ2) is 6.51. The molecule has 3 nitrogen and oxygen atoms in total. The fourth-order valence-corrected chi connectivity index (χ4v) is 2.71. The summed E-state index contributed by atoms with van der Waals surface area (Å²) in [6.45, 7) is 7.10. The Labute approximate surface area is 116 Å². The summed E-state index contributed by atoms with van der Waals surface area (Å²) < 4.78 is 11.2. The van der Waals surface area contributed by atoms with Crippen LogP contribution in [-0.4, -0.2) is 32.0 Å². The number of hydrogen-bond donors (Lipinski definition) is 1. The van der Waals surface area contributed by atoms with E-state index in [2.05, 4.69) is 43.4 Å². The van der Waals surface area contributed by atoms with E-state index in [1.807, 2.05) is 6.92 Å². The highest BCUT2D eigenvalue weighted by Gasteiger charge is 2.42. The van der Waals surface area contributed by atoms with Gasteiger partial charge in [0.2, 0.25) is 0 Å². The Morgan fingerprint density at radius 2 is 2.00 bits per heavy atom. The molecule has 1 aromatic rings. The second-order valence-corrected chi connectivity index (χ2v) is 5.34.